The molecule has 0 fully saturated rings. The van der Waals surface area contributed by atoms with E-state index in [4.69, 9.17) is 20.6 Å². The largest absolute Gasteiger partial charge is 0.480 e. The molecule has 5 N–H and O–H groups in total. The molecule has 7 heteroatoms. The number of carboxylic acids is 1. The number of carbonyl (C=O) groups is 1. The molecular weight excluding hydrogens is 281 g/mol. The molecule has 0 saturated heterocycles. The van der Waals surface area contributed by atoms with Crippen LogP contribution in [-0.2, 0) is 22.2 Å². The van der Waals surface area contributed by atoms with Crippen molar-refractivity contribution in [3.05, 3.63) is 34.4 Å². The van der Waals surface area contributed by atoms with Gasteiger partial charge in [-0.25, -0.2) is 0 Å². The Kier molecular flexibility index (Phi) is 5.48. The lowest BCUT2D eigenvalue weighted by atomic mass is 9.93. The van der Waals surface area contributed by atoms with Gasteiger partial charge in [0.1, 0.15) is 6.04 Å². The van der Waals surface area contributed by atoms with Crippen molar-refractivity contribution in [2.24, 2.45) is 5.73 Å². The van der Waals surface area contributed by atoms with Gasteiger partial charge in [0.05, 0.1) is 6.16 Å². The Morgan fingerprint density at radius 3 is 2.45 bits per heavy atom. The van der Waals surface area contributed by atoms with Gasteiger partial charge < -0.3 is 20.6 Å². The Hall–Kier alpha value is -1.20. The zero-order valence-corrected chi connectivity index (χ0v) is 12.4. The van der Waals surface area contributed by atoms with E-state index >= 15 is 0 Å². The maximum absolute atomic E-state index is 11.0. The number of carboxylic acid groups (broad SMARTS) is 1. The second kappa shape index (κ2) is 6.50. The highest BCUT2D eigenvalue weighted by atomic mass is 31.2. The molecule has 0 saturated carbocycles. The number of hydrogen-bond acceptors (Lipinski definition) is 3. The summed E-state index contributed by atoms with van der Waals surface area (Å²) in [6.07, 6.45) is 0.0959. The summed E-state index contributed by atoms with van der Waals surface area (Å²) in [6, 6.07) is 2.71. The monoisotopic (exact) mass is 301 g/mol. The van der Waals surface area contributed by atoms with E-state index in [1.165, 1.54) is 0 Å². The molecule has 0 spiro atoms. The van der Waals surface area contributed by atoms with Crippen LogP contribution in [0.4, 0.5) is 0 Å². The maximum atomic E-state index is 11.0. The third-order valence-corrected chi connectivity index (χ3v) is 3.93. The maximum Gasteiger partial charge on any atom is 0.325 e. The number of nitrogens with two attached hydrogens (primary N) is 1. The Balaban J connectivity index is 3.07. The van der Waals surface area contributed by atoms with E-state index in [-0.39, 0.29) is 19.0 Å². The molecule has 6 nitrogen and oxygen atoms in total. The average molecular weight is 301 g/mol. The van der Waals surface area contributed by atoms with Gasteiger partial charge in [0.25, 0.3) is 0 Å². The smallest absolute Gasteiger partial charge is 0.325 e. The van der Waals surface area contributed by atoms with Gasteiger partial charge in [0.15, 0.2) is 0 Å². The number of hydrogen-bond donors (Lipinski definition) is 4. The summed E-state index contributed by atoms with van der Waals surface area (Å²) in [5.41, 5.74) is 8.92. The summed E-state index contributed by atoms with van der Waals surface area (Å²) in [6.45, 7) is 3.73. The Morgan fingerprint density at radius 2 is 1.95 bits per heavy atom. The van der Waals surface area contributed by atoms with Crippen molar-refractivity contribution in [1.29, 1.82) is 0 Å². The molecule has 0 bridgehead atoms. The van der Waals surface area contributed by atoms with Gasteiger partial charge >= 0.3 is 13.6 Å². The highest BCUT2D eigenvalue weighted by Gasteiger charge is 2.19. The van der Waals surface area contributed by atoms with Crippen LogP contribution in [0.5, 0.6) is 0 Å². The number of aryl methyl sites for hydroxylation is 2. The van der Waals surface area contributed by atoms with Crippen LogP contribution in [-0.4, -0.2) is 33.1 Å². The first-order chi connectivity index (χ1) is 9.10. The normalized spacial score (nSPS) is 13.2. The molecule has 0 unspecified atom stereocenters. The molecule has 0 amide bonds. The van der Waals surface area contributed by atoms with Crippen LogP contribution in [0.2, 0.25) is 0 Å². The van der Waals surface area contributed by atoms with E-state index in [0.717, 1.165) is 22.3 Å². The molecule has 20 heavy (non-hydrogen) atoms. The van der Waals surface area contributed by atoms with Crippen molar-refractivity contribution >= 4 is 13.6 Å². The first-order valence-corrected chi connectivity index (χ1v) is 8.02. The second-order valence-corrected chi connectivity index (χ2v) is 6.78. The second-order valence-electron chi connectivity index (χ2n) is 5.01. The average Bonchev–Trinajstić information content (AvgIpc) is 2.25. The van der Waals surface area contributed by atoms with E-state index in [9.17, 15) is 9.36 Å². The molecule has 1 atom stereocenters. The summed E-state index contributed by atoms with van der Waals surface area (Å²) in [7, 11) is -4.08. The number of benzene rings is 1. The summed E-state index contributed by atoms with van der Waals surface area (Å²) < 4.78 is 11.0. The van der Waals surface area contributed by atoms with E-state index in [1.807, 2.05) is 26.0 Å². The molecule has 1 aromatic rings. The molecule has 0 aliphatic rings. The number of aliphatic carboxylic acids is 1. The van der Waals surface area contributed by atoms with Crippen molar-refractivity contribution in [3.8, 4) is 0 Å². The zero-order chi connectivity index (χ0) is 15.5. The lowest BCUT2D eigenvalue weighted by molar-refractivity contribution is -0.138. The van der Waals surface area contributed by atoms with Gasteiger partial charge in [0.2, 0.25) is 0 Å². The van der Waals surface area contributed by atoms with Crippen molar-refractivity contribution in [2.75, 3.05) is 6.16 Å². The van der Waals surface area contributed by atoms with E-state index in [0.29, 0.717) is 0 Å². The quantitative estimate of drug-likeness (QED) is 0.581. The van der Waals surface area contributed by atoms with Crippen molar-refractivity contribution in [2.45, 2.75) is 32.7 Å². The molecule has 1 rings (SSSR count). The van der Waals surface area contributed by atoms with Crippen molar-refractivity contribution < 1.29 is 24.3 Å². The Bertz CT molecular complexity index is 552. The predicted molar refractivity (Wildman–Crippen MR) is 75.8 cm³/mol. The van der Waals surface area contributed by atoms with Gasteiger partial charge in [0, 0.05) is 0 Å². The summed E-state index contributed by atoms with van der Waals surface area (Å²) >= 11 is 0. The predicted octanol–water partition coefficient (Wildman–Crippen LogP) is 0.978. The Morgan fingerprint density at radius 1 is 1.35 bits per heavy atom. The fourth-order valence-electron chi connectivity index (χ4n) is 2.21. The van der Waals surface area contributed by atoms with Crippen molar-refractivity contribution in [1.82, 2.24) is 0 Å². The van der Waals surface area contributed by atoms with E-state index in [1.54, 1.807) is 0 Å². The topological polar surface area (TPSA) is 121 Å². The van der Waals surface area contributed by atoms with Gasteiger partial charge in [-0.2, -0.15) is 0 Å². The SMILES string of the molecule is Cc1cc(C)c(CCP(=O)(O)O)c(C[C@H](N)C(=O)O)c1. The highest BCUT2D eigenvalue weighted by Crippen LogP contribution is 2.36. The molecular formula is C13H20NO5P. The first-order valence-electron chi connectivity index (χ1n) is 6.22. The summed E-state index contributed by atoms with van der Waals surface area (Å²) in [4.78, 5) is 28.8. The molecule has 0 aromatic heterocycles. The van der Waals surface area contributed by atoms with Crippen LogP contribution in [0.15, 0.2) is 12.1 Å². The van der Waals surface area contributed by atoms with Crippen LogP contribution in [0.3, 0.4) is 0 Å². The summed E-state index contributed by atoms with van der Waals surface area (Å²) in [5.74, 6) is -1.09. The third-order valence-electron chi connectivity index (χ3n) is 3.12. The minimum Gasteiger partial charge on any atom is -0.480 e. The van der Waals surface area contributed by atoms with Gasteiger partial charge in [-0.15, -0.1) is 0 Å². The zero-order valence-electron chi connectivity index (χ0n) is 11.5. The molecule has 0 radical (unpaired) electrons. The van der Waals surface area contributed by atoms with Gasteiger partial charge in [-0.1, -0.05) is 17.7 Å². The lowest BCUT2D eigenvalue weighted by Crippen LogP contribution is -2.32. The fourth-order valence-corrected chi connectivity index (χ4v) is 2.72. The van der Waals surface area contributed by atoms with Crippen LogP contribution in [0.25, 0.3) is 0 Å². The first kappa shape index (κ1) is 16.9. The highest BCUT2D eigenvalue weighted by molar-refractivity contribution is 7.51. The summed E-state index contributed by atoms with van der Waals surface area (Å²) in [5, 5.41) is 8.88. The van der Waals surface area contributed by atoms with Crippen LogP contribution >= 0.6 is 7.60 Å². The van der Waals surface area contributed by atoms with Gasteiger partial charge in [-0.05, 0) is 43.4 Å². The fraction of sp³-hybridized carbons (Fsp3) is 0.462. The molecule has 0 aliphatic heterocycles. The minimum atomic E-state index is -4.08. The lowest BCUT2D eigenvalue weighted by Gasteiger charge is -2.16. The molecule has 112 valence electrons. The van der Waals surface area contributed by atoms with E-state index in [2.05, 4.69) is 0 Å². The minimum absolute atomic E-state index is 0.147. The Labute approximate surface area is 117 Å². The standard InChI is InChI=1S/C13H20NO5P/c1-8-5-9(2)11(3-4-20(17,18)19)10(6-8)7-12(14)13(15)16/h5-6,12H,3-4,7,14H2,1-2H3,(H,15,16)(H2,17,18,19)/t12-/m0/s1. The van der Waals surface area contributed by atoms with E-state index < -0.39 is 19.6 Å². The van der Waals surface area contributed by atoms with Gasteiger partial charge in [-0.3, -0.25) is 9.36 Å². The molecule has 0 heterocycles. The third kappa shape index (κ3) is 5.06. The molecule has 1 aromatic carbocycles. The molecule has 0 aliphatic carbocycles. The van der Waals surface area contributed by atoms with Crippen LogP contribution in [0, 0.1) is 13.8 Å². The number of rotatable bonds is 6. The van der Waals surface area contributed by atoms with Crippen molar-refractivity contribution in [3.63, 3.8) is 0 Å². The van der Waals surface area contributed by atoms with Crippen LogP contribution < -0.4 is 5.73 Å². The van der Waals surface area contributed by atoms with Crippen LogP contribution in [0.1, 0.15) is 22.3 Å².